The molecule has 3 heterocycles. The third-order valence-corrected chi connectivity index (χ3v) is 17.4. The van der Waals surface area contributed by atoms with Crippen molar-refractivity contribution in [3.63, 3.8) is 0 Å². The Labute approximate surface area is 510 Å². The van der Waals surface area contributed by atoms with Gasteiger partial charge in [-0.25, -0.2) is 0 Å². The minimum atomic E-state index is 0.243. The quantitative estimate of drug-likeness (QED) is 0.0264. The molecule has 0 saturated carbocycles. The predicted molar refractivity (Wildman–Crippen MR) is 354 cm³/mol. The molecule has 2 aliphatic heterocycles. The molecule has 3 aromatic rings. The molecule has 2 aromatic carbocycles. The zero-order valence-corrected chi connectivity index (χ0v) is 55.0. The van der Waals surface area contributed by atoms with Gasteiger partial charge in [-0.1, -0.05) is 269 Å². The molecule has 0 fully saturated rings. The van der Waals surface area contributed by atoms with E-state index in [2.05, 4.69) is 72.0 Å². The summed E-state index contributed by atoms with van der Waals surface area (Å²) in [6.07, 6.45) is 66.8. The first-order valence-corrected chi connectivity index (χ1v) is 35.5. The molecule has 0 aliphatic carbocycles. The van der Waals surface area contributed by atoms with Crippen molar-refractivity contribution in [2.45, 2.75) is 271 Å². The maximum atomic E-state index is 8.89. The van der Waals surface area contributed by atoms with Crippen LogP contribution >= 0.6 is 0 Å². The van der Waals surface area contributed by atoms with Crippen molar-refractivity contribution in [2.75, 3.05) is 13.2 Å². The predicted octanol–water partition coefficient (Wildman–Crippen LogP) is 23.3. The molecule has 0 saturated heterocycles. The van der Waals surface area contributed by atoms with Gasteiger partial charge in [0.25, 0.3) is 0 Å². The van der Waals surface area contributed by atoms with E-state index in [1.165, 1.54) is 250 Å². The van der Waals surface area contributed by atoms with Crippen molar-refractivity contribution in [3.05, 3.63) is 143 Å². The van der Waals surface area contributed by atoms with Gasteiger partial charge >= 0.3 is 179 Å². The van der Waals surface area contributed by atoms with Gasteiger partial charge in [-0.2, -0.15) is 0 Å². The van der Waals surface area contributed by atoms with Crippen molar-refractivity contribution < 1.29 is 27.3 Å². The number of unbranched alkanes of at least 4 members (excludes halogenated alkanes) is 38. The molecule has 1 aromatic heterocycles. The van der Waals surface area contributed by atoms with E-state index in [1.807, 2.05) is 42.5 Å². The second kappa shape index (κ2) is 44.9. The second-order valence-corrected chi connectivity index (χ2v) is 24.6. The number of hydrogen-bond acceptors (Lipinski definition) is 4. The summed E-state index contributed by atoms with van der Waals surface area (Å²) in [5.74, 6) is 1.69. The van der Waals surface area contributed by atoms with Gasteiger partial charge < -0.3 is 10.5 Å². The van der Waals surface area contributed by atoms with Crippen LogP contribution in [0.2, 0.25) is 0 Å². The van der Waals surface area contributed by atoms with Crippen LogP contribution in [0.1, 0.15) is 293 Å². The number of nitrogens with one attached hydrogen (secondary N) is 2. The Morgan fingerprint density at radius 3 is 1.32 bits per heavy atom. The first kappa shape index (κ1) is 68.2. The third-order valence-electron chi connectivity index (χ3n) is 16.5. The van der Waals surface area contributed by atoms with E-state index in [0.717, 1.165) is 105 Å². The number of hydrogen-bond donors (Lipinski definition) is 1. The van der Waals surface area contributed by atoms with Crippen molar-refractivity contribution >= 4 is 33.3 Å². The zero-order valence-electron chi connectivity index (χ0n) is 52.0. The summed E-state index contributed by atoms with van der Waals surface area (Å²) in [7, 11) is 0. The monoisotopic (exact) mass is 1160 g/mol. The van der Waals surface area contributed by atoms with E-state index in [4.69, 9.17) is 31.8 Å². The van der Waals surface area contributed by atoms with Crippen LogP contribution in [0.25, 0.3) is 23.0 Å². The van der Waals surface area contributed by atoms with Crippen LogP contribution < -0.4 is 9.47 Å². The number of aromatic nitrogens is 1. The number of ether oxygens (including phenoxy) is 2. The number of aromatic amines is 1. The van der Waals surface area contributed by atoms with Crippen LogP contribution in [0.5, 0.6) is 11.5 Å². The van der Waals surface area contributed by atoms with Crippen LogP contribution in [0, 0.1) is 6.58 Å². The van der Waals surface area contributed by atoms with Crippen molar-refractivity contribution in [2.24, 2.45) is 9.98 Å². The first-order chi connectivity index (χ1) is 40.5. The molecule has 0 radical (unpaired) electrons. The Hall–Kier alpha value is -4.61. The molecule has 0 atom stereocenters. The molecule has 2 aliphatic rings. The van der Waals surface area contributed by atoms with Crippen LogP contribution in [-0.4, -0.2) is 34.2 Å². The summed E-state index contributed by atoms with van der Waals surface area (Å²) in [4.78, 5) is 13.7. The van der Waals surface area contributed by atoms with E-state index < -0.39 is 0 Å². The molecule has 82 heavy (non-hydrogen) atoms. The molecular formula is C75H110N4O2Zn-2. The van der Waals surface area contributed by atoms with E-state index >= 15 is 0 Å². The Kier molecular flexibility index (Phi) is 37.3. The number of nitrogens with zero attached hydrogens (tertiary/aromatic N) is 2. The fraction of sp³-hybridized carbons (Fsp3) is 0.587. The average Bonchev–Trinajstić information content (AvgIpc) is 4.41. The topological polar surface area (TPSA) is 82.8 Å². The molecule has 446 valence electrons. The summed E-state index contributed by atoms with van der Waals surface area (Å²) in [6.45, 7) is 12.0. The summed E-state index contributed by atoms with van der Waals surface area (Å²) < 4.78 is 14.8. The zero-order chi connectivity index (χ0) is 57.8. The maximum absolute atomic E-state index is 8.89. The van der Waals surface area contributed by atoms with E-state index in [-0.39, 0.29) is 5.70 Å². The standard InChI is InChI=1S/C75H110N4O2.Zn/c1-5-8-10-12-14-16-18-20-22-24-26-28-30-32-34-36-38-40-42-44-58-80-68-50-46-48-64(60-68)74(70(76)7-3)71-56-53-66(78-71)62-67-54-57-73(79-67)75(72-55-52-63(4)77-72)65-49-47-51-69(61-65)81-59-45-43-41-39-37-35-33-31-29-27-25-23-21-19-17-15-13-11-9-6-2;/h3-4,7,46-57,60-62,76,78H,5-6,8-45,58-59H2,1-2H3;/q-2;/b67-62?,74-70-,75-72-;. The van der Waals surface area contributed by atoms with Crippen LogP contribution in [0.15, 0.2) is 118 Å². The SMILES string of the molecule is [CH-]=C/C([NH-])=C(\c1cccc(OCCCCCCCCCCCCCCCCCCCCCC)c1)c1ccc(C=C2C=CC(/C(=C3/C=CC([CH]=[Zn])=N3)c3cccc(OCCCCCCCCCCCCCCCCCCCCCC)c3)=N2)[nH]1. The second-order valence-electron chi connectivity index (χ2n) is 23.7. The number of benzene rings is 2. The van der Waals surface area contributed by atoms with Crippen LogP contribution in [-0.2, 0) is 17.9 Å². The minimum absolute atomic E-state index is 0.243. The van der Waals surface area contributed by atoms with Gasteiger partial charge in [0.2, 0.25) is 0 Å². The van der Waals surface area contributed by atoms with E-state index in [1.54, 1.807) is 0 Å². The summed E-state index contributed by atoms with van der Waals surface area (Å²) >= 11 is 1.04. The summed E-state index contributed by atoms with van der Waals surface area (Å²) in [5.41, 5.74) is 18.0. The molecule has 0 unspecified atom stereocenters. The van der Waals surface area contributed by atoms with Gasteiger partial charge in [0.1, 0.15) is 5.75 Å². The van der Waals surface area contributed by atoms with Gasteiger partial charge in [0.15, 0.2) is 0 Å². The fourth-order valence-corrected chi connectivity index (χ4v) is 12.1. The van der Waals surface area contributed by atoms with Crippen molar-refractivity contribution in [1.29, 1.82) is 0 Å². The Bertz CT molecular complexity index is 2450. The van der Waals surface area contributed by atoms with E-state index in [0.29, 0.717) is 6.61 Å². The van der Waals surface area contributed by atoms with Gasteiger partial charge in [0, 0.05) is 0 Å². The fourth-order valence-electron chi connectivity index (χ4n) is 11.6. The van der Waals surface area contributed by atoms with Crippen molar-refractivity contribution in [1.82, 2.24) is 4.98 Å². The number of rotatable bonds is 51. The number of H-pyrrole nitrogens is 1. The molecule has 6 nitrogen and oxygen atoms in total. The Morgan fingerprint density at radius 2 is 0.902 bits per heavy atom. The van der Waals surface area contributed by atoms with Crippen LogP contribution in [0.4, 0.5) is 0 Å². The average molecular weight is 1170 g/mol. The molecule has 0 amide bonds. The van der Waals surface area contributed by atoms with Crippen molar-refractivity contribution in [3.8, 4) is 11.5 Å². The van der Waals surface area contributed by atoms with Gasteiger partial charge in [0.05, 0.1) is 6.61 Å². The summed E-state index contributed by atoms with van der Waals surface area (Å²) in [6, 6.07) is 20.5. The number of allylic oxidation sites excluding steroid dienone is 6. The Balaban J connectivity index is 1.00. The molecule has 5 rings (SSSR count). The van der Waals surface area contributed by atoms with E-state index in [9.17, 15) is 0 Å². The Morgan fingerprint density at radius 1 is 0.488 bits per heavy atom. The number of aliphatic imine (C=N–C) groups is 2. The molecule has 0 spiro atoms. The molecular weight excluding hydrogens is 1050 g/mol. The normalized spacial score (nSPS) is 14.4. The van der Waals surface area contributed by atoms with Gasteiger partial charge in [-0.3, -0.25) is 18.4 Å². The first-order valence-electron chi connectivity index (χ1n) is 33.8. The third kappa shape index (κ3) is 28.8. The molecule has 0 bridgehead atoms. The van der Waals surface area contributed by atoms with Crippen LogP contribution in [0.3, 0.4) is 0 Å². The molecule has 2 N–H and O–H groups in total. The summed E-state index contributed by atoms with van der Waals surface area (Å²) in [5, 5.41) is 0. The van der Waals surface area contributed by atoms with Gasteiger partial charge in [-0.15, -0.1) is 0 Å². The molecule has 7 heteroatoms. The van der Waals surface area contributed by atoms with Gasteiger partial charge in [-0.05, 0) is 24.1 Å².